The fraction of sp³-hybridized carbons (Fsp3) is 0.125. The predicted molar refractivity (Wildman–Crippen MR) is 129 cm³/mol. The van der Waals surface area contributed by atoms with E-state index in [2.05, 4.69) is 25.9 Å². The number of aromatic nitrogens is 3. The molecule has 2 N–H and O–H groups in total. The van der Waals surface area contributed by atoms with Crippen molar-refractivity contribution >= 4 is 34.6 Å². The van der Waals surface area contributed by atoms with Gasteiger partial charge in [-0.1, -0.05) is 23.7 Å². The number of nitrogens with one attached hydrogen (secondary N) is 1. The summed E-state index contributed by atoms with van der Waals surface area (Å²) in [5.74, 6) is 0.107. The number of hydrogen-bond donors (Lipinski definition) is 2. The molecule has 0 saturated carbocycles. The molecule has 32 heavy (non-hydrogen) atoms. The molecule has 1 aromatic carbocycles. The summed E-state index contributed by atoms with van der Waals surface area (Å²) in [4.78, 5) is 10.7. The zero-order valence-corrected chi connectivity index (χ0v) is 18.5. The summed E-state index contributed by atoms with van der Waals surface area (Å²) < 4.78 is 2.17. The molecule has 160 valence electrons. The maximum absolute atomic E-state index is 10.7. The third-order valence-electron chi connectivity index (χ3n) is 5.54. The molecule has 6 nitrogen and oxygen atoms in total. The second-order valence-corrected chi connectivity index (χ2v) is 8.38. The minimum absolute atomic E-state index is 0.107. The molecule has 4 heterocycles. The van der Waals surface area contributed by atoms with Crippen LogP contribution >= 0.6 is 23.8 Å². The SMILES string of the molecule is Oc1ccc(Cl)cc1N1C(=S)N[C@@H](c2ccccn2)[C@@H]1c1cccn1Cc1cccnc1. The molecule has 0 bridgehead atoms. The van der Waals surface area contributed by atoms with E-state index in [0.29, 0.717) is 22.4 Å². The third-order valence-corrected chi connectivity index (χ3v) is 6.09. The highest BCUT2D eigenvalue weighted by atomic mass is 35.5. The molecule has 8 heteroatoms. The Balaban J connectivity index is 1.63. The minimum atomic E-state index is -0.256. The van der Waals surface area contributed by atoms with E-state index in [1.54, 1.807) is 30.6 Å². The van der Waals surface area contributed by atoms with Crippen LogP contribution in [-0.4, -0.2) is 24.8 Å². The van der Waals surface area contributed by atoms with Crippen molar-refractivity contribution in [3.05, 3.63) is 107 Å². The van der Waals surface area contributed by atoms with Crippen LogP contribution in [0.15, 0.2) is 85.5 Å². The molecular weight excluding hydrogens is 442 g/mol. The van der Waals surface area contributed by atoms with Gasteiger partial charge in [-0.2, -0.15) is 0 Å². The summed E-state index contributed by atoms with van der Waals surface area (Å²) >= 11 is 12.0. The number of pyridine rings is 2. The topological polar surface area (TPSA) is 66.2 Å². The van der Waals surface area contributed by atoms with E-state index in [1.807, 2.05) is 53.7 Å². The van der Waals surface area contributed by atoms with Crippen molar-refractivity contribution in [3.63, 3.8) is 0 Å². The number of hydrogen-bond acceptors (Lipinski definition) is 4. The third kappa shape index (κ3) is 3.81. The summed E-state index contributed by atoms with van der Waals surface area (Å²) in [6.45, 7) is 0.656. The van der Waals surface area contributed by atoms with Crippen LogP contribution in [-0.2, 0) is 6.54 Å². The van der Waals surface area contributed by atoms with Gasteiger partial charge in [0.25, 0.3) is 0 Å². The number of anilines is 1. The number of phenols is 1. The van der Waals surface area contributed by atoms with Gasteiger partial charge >= 0.3 is 0 Å². The smallest absolute Gasteiger partial charge is 0.174 e. The molecule has 1 aliphatic heterocycles. The second kappa shape index (κ2) is 8.61. The van der Waals surface area contributed by atoms with E-state index in [0.717, 1.165) is 17.0 Å². The Morgan fingerprint density at radius 3 is 2.75 bits per heavy atom. The van der Waals surface area contributed by atoms with E-state index < -0.39 is 0 Å². The quantitative estimate of drug-likeness (QED) is 0.414. The average Bonchev–Trinajstić information content (AvgIpc) is 3.40. The van der Waals surface area contributed by atoms with Gasteiger partial charge in [0.1, 0.15) is 11.8 Å². The highest BCUT2D eigenvalue weighted by Crippen LogP contribution is 2.45. The van der Waals surface area contributed by atoms with Crippen LogP contribution in [0.3, 0.4) is 0 Å². The Kier molecular flexibility index (Phi) is 5.51. The van der Waals surface area contributed by atoms with Crippen molar-refractivity contribution in [2.75, 3.05) is 4.90 Å². The summed E-state index contributed by atoms with van der Waals surface area (Å²) in [7, 11) is 0. The van der Waals surface area contributed by atoms with Crippen molar-refractivity contribution in [2.24, 2.45) is 0 Å². The highest BCUT2D eigenvalue weighted by Gasteiger charge is 2.42. The number of thiocarbonyl (C=S) groups is 1. The van der Waals surface area contributed by atoms with E-state index >= 15 is 0 Å². The predicted octanol–water partition coefficient (Wildman–Crippen LogP) is 4.86. The van der Waals surface area contributed by atoms with Crippen LogP contribution in [0.1, 0.15) is 29.0 Å². The van der Waals surface area contributed by atoms with Gasteiger partial charge in [0.15, 0.2) is 5.11 Å². The summed E-state index contributed by atoms with van der Waals surface area (Å²) in [6.07, 6.45) is 7.43. The van der Waals surface area contributed by atoms with E-state index in [-0.39, 0.29) is 17.8 Å². The summed E-state index contributed by atoms with van der Waals surface area (Å²) in [5.41, 5.74) is 3.52. The highest BCUT2D eigenvalue weighted by molar-refractivity contribution is 7.80. The lowest BCUT2D eigenvalue weighted by Gasteiger charge is -2.29. The number of benzene rings is 1. The van der Waals surface area contributed by atoms with Gasteiger partial charge in [0, 0.05) is 42.0 Å². The number of rotatable bonds is 5. The van der Waals surface area contributed by atoms with Gasteiger partial charge in [-0.15, -0.1) is 0 Å². The molecule has 0 radical (unpaired) electrons. The van der Waals surface area contributed by atoms with Crippen LogP contribution in [0.2, 0.25) is 5.02 Å². The van der Waals surface area contributed by atoms with Crippen molar-refractivity contribution in [1.29, 1.82) is 0 Å². The van der Waals surface area contributed by atoms with Crippen LogP contribution < -0.4 is 10.2 Å². The maximum Gasteiger partial charge on any atom is 0.174 e. The van der Waals surface area contributed by atoms with Crippen molar-refractivity contribution < 1.29 is 5.11 Å². The van der Waals surface area contributed by atoms with Gasteiger partial charge < -0.3 is 19.9 Å². The average molecular weight is 462 g/mol. The molecule has 0 spiro atoms. The maximum atomic E-state index is 10.7. The molecule has 5 rings (SSSR count). The van der Waals surface area contributed by atoms with Gasteiger partial charge in [0.05, 0.1) is 17.4 Å². The Morgan fingerprint density at radius 1 is 1.06 bits per heavy atom. The number of phenolic OH excluding ortho intramolecular Hbond substituents is 1. The molecule has 3 aromatic heterocycles. The first-order chi connectivity index (χ1) is 15.6. The molecule has 4 aromatic rings. The van der Waals surface area contributed by atoms with Crippen LogP contribution in [0, 0.1) is 0 Å². The molecule has 2 atom stereocenters. The monoisotopic (exact) mass is 461 g/mol. The van der Waals surface area contributed by atoms with E-state index in [9.17, 15) is 5.11 Å². The fourth-order valence-electron chi connectivity index (χ4n) is 4.13. The largest absolute Gasteiger partial charge is 0.506 e. The van der Waals surface area contributed by atoms with Crippen LogP contribution in [0.5, 0.6) is 5.75 Å². The van der Waals surface area contributed by atoms with Gasteiger partial charge in [-0.25, -0.2) is 0 Å². The minimum Gasteiger partial charge on any atom is -0.506 e. The number of halogens is 1. The zero-order valence-electron chi connectivity index (χ0n) is 17.0. The lowest BCUT2D eigenvalue weighted by atomic mass is 10.0. The first-order valence-corrected chi connectivity index (χ1v) is 10.9. The Labute approximate surface area is 196 Å². The van der Waals surface area contributed by atoms with E-state index in [4.69, 9.17) is 23.8 Å². The Hall–Kier alpha value is -3.42. The first kappa shape index (κ1) is 20.5. The molecular formula is C24H20ClN5OS. The molecule has 1 aliphatic rings. The van der Waals surface area contributed by atoms with Gasteiger partial charge in [-0.3, -0.25) is 9.97 Å². The number of aromatic hydroxyl groups is 1. The Bertz CT molecular complexity index is 1250. The summed E-state index contributed by atoms with van der Waals surface area (Å²) in [5, 5.41) is 15.1. The van der Waals surface area contributed by atoms with Gasteiger partial charge in [-0.05, 0) is 66.3 Å². The van der Waals surface area contributed by atoms with Crippen molar-refractivity contribution in [2.45, 2.75) is 18.6 Å². The zero-order chi connectivity index (χ0) is 22.1. The molecule has 0 unspecified atom stereocenters. The Morgan fingerprint density at radius 2 is 1.97 bits per heavy atom. The van der Waals surface area contributed by atoms with Crippen LogP contribution in [0.4, 0.5) is 5.69 Å². The lowest BCUT2D eigenvalue weighted by molar-refractivity contribution is 0.471. The second-order valence-electron chi connectivity index (χ2n) is 7.55. The molecule has 1 fully saturated rings. The number of nitrogens with zero attached hydrogens (tertiary/aromatic N) is 4. The van der Waals surface area contributed by atoms with E-state index in [1.165, 1.54) is 0 Å². The lowest BCUT2D eigenvalue weighted by Crippen LogP contribution is -2.30. The molecule has 0 aliphatic carbocycles. The van der Waals surface area contributed by atoms with Gasteiger partial charge in [0.2, 0.25) is 0 Å². The first-order valence-electron chi connectivity index (χ1n) is 10.1. The van der Waals surface area contributed by atoms with Crippen LogP contribution in [0.25, 0.3) is 0 Å². The standard InChI is InChI=1S/C24H20ClN5OS/c25-17-8-9-21(31)20(13-17)30-23(22(28-24(30)32)18-6-1-2-11-27-18)19-7-4-12-29(19)15-16-5-3-10-26-14-16/h1-14,22-23,31H,15H2,(H,28,32)/t22-,23-/m0/s1. The fourth-order valence-corrected chi connectivity index (χ4v) is 4.64. The summed E-state index contributed by atoms with van der Waals surface area (Å²) in [6, 6.07) is 18.4. The molecule has 1 saturated heterocycles. The normalized spacial score (nSPS) is 18.0. The van der Waals surface area contributed by atoms with Crippen molar-refractivity contribution in [1.82, 2.24) is 19.9 Å². The van der Waals surface area contributed by atoms with Crippen molar-refractivity contribution in [3.8, 4) is 5.75 Å². The molecule has 0 amide bonds.